The molecule has 1 atom stereocenters. The number of rotatable bonds is 3. The van der Waals surface area contributed by atoms with Gasteiger partial charge in [0.1, 0.15) is 5.69 Å². The average Bonchev–Trinajstić information content (AvgIpc) is 3.27. The Kier molecular flexibility index (Phi) is 5.55. The van der Waals surface area contributed by atoms with Gasteiger partial charge in [-0.05, 0) is 18.3 Å². The van der Waals surface area contributed by atoms with Crippen LogP contribution in [0, 0.1) is 0 Å². The van der Waals surface area contributed by atoms with Crippen LogP contribution in [0.3, 0.4) is 0 Å². The van der Waals surface area contributed by atoms with Gasteiger partial charge < -0.3 is 9.30 Å². The van der Waals surface area contributed by atoms with Gasteiger partial charge in [-0.1, -0.05) is 20.8 Å². The van der Waals surface area contributed by atoms with Gasteiger partial charge in [0.25, 0.3) is 5.91 Å². The fraction of sp³-hybridized carbons (Fsp3) is 0.611. The zero-order chi connectivity index (χ0) is 20.7. The van der Waals surface area contributed by atoms with Gasteiger partial charge in [0.05, 0.1) is 12.6 Å². The maximum Gasteiger partial charge on any atom is 0.435 e. The third-order valence-electron chi connectivity index (χ3n) is 4.47. The maximum atomic E-state index is 12.9. The van der Waals surface area contributed by atoms with Crippen LogP contribution in [0.15, 0.2) is 17.3 Å². The molecule has 2 aromatic rings. The number of halogens is 3. The average molecular weight is 416 g/mol. The number of aromatic nitrogens is 3. The third-order valence-corrected chi connectivity index (χ3v) is 5.92. The summed E-state index contributed by atoms with van der Waals surface area (Å²) < 4.78 is 47.0. The molecule has 0 spiro atoms. The van der Waals surface area contributed by atoms with E-state index in [0.717, 1.165) is 28.5 Å². The molecule has 1 amide bonds. The van der Waals surface area contributed by atoms with E-state index in [-0.39, 0.29) is 17.2 Å². The lowest BCUT2D eigenvalue weighted by Crippen LogP contribution is -2.23. The second-order valence-corrected chi connectivity index (χ2v) is 8.88. The van der Waals surface area contributed by atoms with Crippen LogP contribution in [0.25, 0.3) is 0 Å². The van der Waals surface area contributed by atoms with Gasteiger partial charge in [0.15, 0.2) is 10.5 Å². The Morgan fingerprint density at radius 1 is 1.39 bits per heavy atom. The first-order valence-electron chi connectivity index (χ1n) is 8.98. The van der Waals surface area contributed by atoms with E-state index in [4.69, 9.17) is 4.74 Å². The SMILES string of the molecule is Cn1nc(C(F)(F)F)cc1C(=O)/N=c1\sc(C(C)(C)C)cn1C[C@H]1CCCO1. The summed E-state index contributed by atoms with van der Waals surface area (Å²) in [5.41, 5.74) is -1.46. The molecule has 3 rings (SSSR count). The van der Waals surface area contributed by atoms with Crippen LogP contribution in [0.5, 0.6) is 0 Å². The Morgan fingerprint density at radius 3 is 2.64 bits per heavy atom. The molecule has 1 aliphatic rings. The number of nitrogens with zero attached hydrogens (tertiary/aromatic N) is 4. The summed E-state index contributed by atoms with van der Waals surface area (Å²) in [6, 6.07) is 0.731. The Hall–Kier alpha value is -1.94. The number of amides is 1. The van der Waals surface area contributed by atoms with Gasteiger partial charge in [-0.3, -0.25) is 9.48 Å². The minimum absolute atomic E-state index is 0.0463. The minimum Gasteiger partial charge on any atom is -0.376 e. The highest BCUT2D eigenvalue weighted by molar-refractivity contribution is 7.09. The molecule has 0 bridgehead atoms. The van der Waals surface area contributed by atoms with Crippen LogP contribution in [-0.2, 0) is 29.9 Å². The fourth-order valence-electron chi connectivity index (χ4n) is 2.90. The van der Waals surface area contributed by atoms with Crippen molar-refractivity contribution in [2.45, 2.75) is 57.9 Å². The number of carbonyl (C=O) groups excluding carboxylic acids is 1. The molecule has 1 fully saturated rings. The van der Waals surface area contributed by atoms with Gasteiger partial charge in [-0.25, -0.2) is 0 Å². The van der Waals surface area contributed by atoms with Crippen LogP contribution >= 0.6 is 11.3 Å². The van der Waals surface area contributed by atoms with E-state index < -0.39 is 17.8 Å². The molecule has 0 aliphatic carbocycles. The molecule has 1 saturated heterocycles. The lowest BCUT2D eigenvalue weighted by atomic mass is 9.95. The van der Waals surface area contributed by atoms with Gasteiger partial charge in [-0.2, -0.15) is 23.3 Å². The number of carbonyl (C=O) groups is 1. The summed E-state index contributed by atoms with van der Waals surface area (Å²) in [7, 11) is 1.30. The Balaban J connectivity index is 1.98. The summed E-state index contributed by atoms with van der Waals surface area (Å²) in [4.78, 5) is 18.2. The van der Waals surface area contributed by atoms with E-state index in [1.165, 1.54) is 18.4 Å². The number of aryl methyl sites for hydroxylation is 1. The monoisotopic (exact) mass is 416 g/mol. The summed E-state index contributed by atoms with van der Waals surface area (Å²) in [5, 5.41) is 3.38. The van der Waals surface area contributed by atoms with Crippen molar-refractivity contribution >= 4 is 17.2 Å². The highest BCUT2D eigenvalue weighted by Gasteiger charge is 2.35. The number of ether oxygens (including phenoxy) is 1. The molecule has 10 heteroatoms. The van der Waals surface area contributed by atoms with Crippen LogP contribution in [0.1, 0.15) is 54.7 Å². The minimum atomic E-state index is -4.61. The molecule has 1 aliphatic heterocycles. The van der Waals surface area contributed by atoms with E-state index >= 15 is 0 Å². The van der Waals surface area contributed by atoms with Crippen LogP contribution in [0.2, 0.25) is 0 Å². The Bertz CT molecular complexity index is 928. The third kappa shape index (κ3) is 4.54. The maximum absolute atomic E-state index is 12.9. The summed E-state index contributed by atoms with van der Waals surface area (Å²) in [6.07, 6.45) is -0.703. The molecule has 3 heterocycles. The smallest absolute Gasteiger partial charge is 0.376 e. The predicted octanol–water partition coefficient (Wildman–Crippen LogP) is 3.52. The van der Waals surface area contributed by atoms with E-state index in [0.29, 0.717) is 18.0 Å². The van der Waals surface area contributed by atoms with E-state index in [1.54, 1.807) is 0 Å². The molecule has 6 nitrogen and oxygen atoms in total. The van der Waals surface area contributed by atoms with Crippen molar-refractivity contribution < 1.29 is 22.7 Å². The highest BCUT2D eigenvalue weighted by Crippen LogP contribution is 2.29. The standard InChI is InChI=1S/C18H23F3N4O2S/c1-17(2,3)14-10-25(9-11-6-5-7-27-11)16(28-14)22-15(26)12-8-13(18(19,20)21)23-24(12)4/h8,10-11H,5-7,9H2,1-4H3/b22-16-/t11-/m1/s1. The van der Waals surface area contributed by atoms with Crippen molar-refractivity contribution in [3.63, 3.8) is 0 Å². The molecule has 0 saturated carbocycles. The van der Waals surface area contributed by atoms with E-state index in [2.05, 4.69) is 30.9 Å². The molecule has 154 valence electrons. The molecule has 2 aromatic heterocycles. The molecule has 0 aromatic carbocycles. The number of hydrogen-bond acceptors (Lipinski definition) is 4. The quantitative estimate of drug-likeness (QED) is 0.769. The molecule has 28 heavy (non-hydrogen) atoms. The second kappa shape index (κ2) is 7.47. The molecule has 0 radical (unpaired) electrons. The van der Waals surface area contributed by atoms with E-state index in [1.807, 2.05) is 10.8 Å². The summed E-state index contributed by atoms with van der Waals surface area (Å²) in [6.45, 7) is 7.42. The van der Waals surface area contributed by atoms with Crippen molar-refractivity contribution in [1.82, 2.24) is 14.3 Å². The number of alkyl halides is 3. The first kappa shape index (κ1) is 20.8. The topological polar surface area (TPSA) is 61.4 Å². The zero-order valence-corrected chi connectivity index (χ0v) is 17.0. The first-order valence-corrected chi connectivity index (χ1v) is 9.79. The Morgan fingerprint density at radius 2 is 2.11 bits per heavy atom. The fourth-order valence-corrected chi connectivity index (χ4v) is 3.96. The van der Waals surface area contributed by atoms with Crippen molar-refractivity contribution in [1.29, 1.82) is 0 Å². The van der Waals surface area contributed by atoms with Crippen molar-refractivity contribution in [3.05, 3.63) is 33.3 Å². The molecule has 0 N–H and O–H groups in total. The lowest BCUT2D eigenvalue weighted by Gasteiger charge is -2.15. The predicted molar refractivity (Wildman–Crippen MR) is 98.1 cm³/mol. The van der Waals surface area contributed by atoms with Crippen LogP contribution < -0.4 is 4.80 Å². The summed E-state index contributed by atoms with van der Waals surface area (Å²) in [5.74, 6) is -0.756. The van der Waals surface area contributed by atoms with E-state index in [9.17, 15) is 18.0 Å². The normalized spacial score (nSPS) is 18.8. The van der Waals surface area contributed by atoms with Crippen molar-refractivity contribution in [2.24, 2.45) is 12.0 Å². The lowest BCUT2D eigenvalue weighted by molar-refractivity contribution is -0.141. The number of thiazole rings is 1. The first-order chi connectivity index (χ1) is 12.9. The molecular weight excluding hydrogens is 393 g/mol. The second-order valence-electron chi connectivity index (χ2n) is 7.87. The van der Waals surface area contributed by atoms with Gasteiger partial charge in [0.2, 0.25) is 0 Å². The van der Waals surface area contributed by atoms with Gasteiger partial charge >= 0.3 is 6.18 Å². The molecular formula is C18H23F3N4O2S. The van der Waals surface area contributed by atoms with Crippen molar-refractivity contribution in [2.75, 3.05) is 6.61 Å². The van der Waals surface area contributed by atoms with Gasteiger partial charge in [-0.15, -0.1) is 11.3 Å². The van der Waals surface area contributed by atoms with Crippen LogP contribution in [0.4, 0.5) is 13.2 Å². The summed E-state index contributed by atoms with van der Waals surface area (Å²) >= 11 is 1.36. The highest BCUT2D eigenvalue weighted by atomic mass is 32.1. The van der Waals surface area contributed by atoms with Crippen molar-refractivity contribution in [3.8, 4) is 0 Å². The van der Waals surface area contributed by atoms with Crippen LogP contribution in [-0.4, -0.2) is 33.0 Å². The molecule has 0 unspecified atom stereocenters. The zero-order valence-electron chi connectivity index (χ0n) is 16.2. The largest absolute Gasteiger partial charge is 0.435 e. The van der Waals surface area contributed by atoms with Gasteiger partial charge in [0, 0.05) is 30.8 Å². The number of hydrogen-bond donors (Lipinski definition) is 0. The Labute approximate surface area is 164 Å².